The minimum atomic E-state index is 0.409. The van der Waals surface area contributed by atoms with Crippen molar-refractivity contribution in [2.45, 2.75) is 13.0 Å². The number of benzene rings is 2. The summed E-state index contributed by atoms with van der Waals surface area (Å²) in [5, 5.41) is 0. The molecule has 0 spiro atoms. The molecule has 0 N–H and O–H groups in total. The lowest BCUT2D eigenvalue weighted by Crippen LogP contribution is -1.98. The van der Waals surface area contributed by atoms with Crippen LogP contribution < -0.4 is 9.47 Å². The van der Waals surface area contributed by atoms with Crippen molar-refractivity contribution in [1.82, 2.24) is 0 Å². The second kappa shape index (κ2) is 7.21. The van der Waals surface area contributed by atoms with Crippen molar-refractivity contribution in [3.8, 4) is 11.5 Å². The van der Waals surface area contributed by atoms with Gasteiger partial charge in [0.05, 0.1) is 6.61 Å². The van der Waals surface area contributed by atoms with Crippen molar-refractivity contribution in [1.29, 1.82) is 0 Å². The number of hydrogen-bond donors (Lipinski definition) is 0. The van der Waals surface area contributed by atoms with E-state index in [4.69, 9.17) is 9.47 Å². The van der Waals surface area contributed by atoms with E-state index in [9.17, 15) is 4.79 Å². The summed E-state index contributed by atoms with van der Waals surface area (Å²) in [4.78, 5) is 10.2. The first-order chi connectivity index (χ1) is 9.38. The maximum Gasteiger partial charge on any atom is 0.123 e. The molecule has 0 saturated heterocycles. The van der Waals surface area contributed by atoms with Crippen LogP contribution in [0.5, 0.6) is 11.5 Å². The van der Waals surface area contributed by atoms with Gasteiger partial charge in [-0.1, -0.05) is 30.3 Å². The predicted molar refractivity (Wildman–Crippen MR) is 73.4 cm³/mol. The van der Waals surface area contributed by atoms with Crippen LogP contribution in [0.25, 0.3) is 0 Å². The van der Waals surface area contributed by atoms with Crippen molar-refractivity contribution in [3.05, 3.63) is 60.2 Å². The highest BCUT2D eigenvalue weighted by molar-refractivity contribution is 5.49. The lowest BCUT2D eigenvalue weighted by atomic mass is 10.2. The molecule has 98 valence electrons. The Bertz CT molecular complexity index is 491. The van der Waals surface area contributed by atoms with Crippen LogP contribution in [-0.4, -0.2) is 12.9 Å². The van der Waals surface area contributed by atoms with E-state index in [1.807, 2.05) is 54.6 Å². The fraction of sp³-hybridized carbons (Fsp3) is 0.188. The topological polar surface area (TPSA) is 35.5 Å². The largest absolute Gasteiger partial charge is 0.493 e. The molecule has 0 aliphatic heterocycles. The Kier molecular flexibility index (Phi) is 4.99. The third-order valence-electron chi connectivity index (χ3n) is 2.58. The molecule has 0 fully saturated rings. The van der Waals surface area contributed by atoms with Gasteiger partial charge in [-0.3, -0.25) is 0 Å². The summed E-state index contributed by atoms with van der Waals surface area (Å²) in [7, 11) is 0. The van der Waals surface area contributed by atoms with E-state index < -0.39 is 0 Å². The molecule has 0 saturated carbocycles. The standard InChI is InChI=1S/C16H16O3/c17-11-4-12-18-15-7-9-16(10-8-15)19-13-14-5-2-1-3-6-14/h1-3,5-11H,4,12-13H2. The van der Waals surface area contributed by atoms with Gasteiger partial charge in [0.1, 0.15) is 24.4 Å². The highest BCUT2D eigenvalue weighted by atomic mass is 16.5. The van der Waals surface area contributed by atoms with Gasteiger partial charge < -0.3 is 14.3 Å². The highest BCUT2D eigenvalue weighted by Gasteiger charge is 1.97. The molecule has 0 aliphatic carbocycles. The van der Waals surface area contributed by atoms with Crippen LogP contribution in [0.15, 0.2) is 54.6 Å². The zero-order valence-corrected chi connectivity index (χ0v) is 10.6. The first-order valence-electron chi connectivity index (χ1n) is 6.22. The predicted octanol–water partition coefficient (Wildman–Crippen LogP) is 3.23. The molecule has 0 unspecified atom stereocenters. The molecule has 0 radical (unpaired) electrons. The van der Waals surface area contributed by atoms with Crippen LogP contribution in [-0.2, 0) is 11.4 Å². The van der Waals surface area contributed by atoms with Crippen molar-refractivity contribution < 1.29 is 14.3 Å². The molecule has 3 heteroatoms. The van der Waals surface area contributed by atoms with Gasteiger partial charge in [-0.25, -0.2) is 0 Å². The zero-order chi connectivity index (χ0) is 13.3. The van der Waals surface area contributed by atoms with E-state index in [1.54, 1.807) is 0 Å². The number of ether oxygens (including phenoxy) is 2. The van der Waals surface area contributed by atoms with E-state index in [1.165, 1.54) is 0 Å². The Labute approximate surface area is 112 Å². The molecule has 0 heterocycles. The minimum absolute atomic E-state index is 0.409. The Morgan fingerprint density at radius 2 is 1.47 bits per heavy atom. The average Bonchev–Trinajstić information content (AvgIpc) is 2.48. The van der Waals surface area contributed by atoms with E-state index in [0.29, 0.717) is 19.6 Å². The van der Waals surface area contributed by atoms with Crippen molar-refractivity contribution in [3.63, 3.8) is 0 Å². The highest BCUT2D eigenvalue weighted by Crippen LogP contribution is 2.18. The summed E-state index contributed by atoms with van der Waals surface area (Å²) >= 11 is 0. The van der Waals surface area contributed by atoms with Gasteiger partial charge in [0.25, 0.3) is 0 Å². The van der Waals surface area contributed by atoms with Crippen LogP contribution in [0.2, 0.25) is 0 Å². The molecule has 0 atom stereocenters. The molecule has 0 aromatic heterocycles. The lowest BCUT2D eigenvalue weighted by Gasteiger charge is -2.08. The monoisotopic (exact) mass is 256 g/mol. The molecule has 2 rings (SSSR count). The molecule has 0 aliphatic rings. The first kappa shape index (κ1) is 13.1. The molecule has 2 aromatic rings. The van der Waals surface area contributed by atoms with Crippen LogP contribution in [0.4, 0.5) is 0 Å². The number of carbonyl (C=O) groups is 1. The number of hydrogen-bond acceptors (Lipinski definition) is 3. The molecule has 0 bridgehead atoms. The van der Waals surface area contributed by atoms with Gasteiger partial charge in [-0.15, -0.1) is 0 Å². The summed E-state index contributed by atoms with van der Waals surface area (Å²) in [6.45, 7) is 0.958. The first-order valence-corrected chi connectivity index (χ1v) is 6.22. The summed E-state index contributed by atoms with van der Waals surface area (Å²) in [5.74, 6) is 1.54. The number of rotatable bonds is 7. The number of aldehydes is 1. The Balaban J connectivity index is 1.83. The Hall–Kier alpha value is -2.29. The quantitative estimate of drug-likeness (QED) is 0.563. The van der Waals surface area contributed by atoms with Crippen LogP contribution in [0.1, 0.15) is 12.0 Å². The summed E-state index contributed by atoms with van der Waals surface area (Å²) in [6.07, 6.45) is 1.25. The van der Waals surface area contributed by atoms with E-state index in [0.717, 1.165) is 23.3 Å². The molecular weight excluding hydrogens is 240 g/mol. The van der Waals surface area contributed by atoms with Gasteiger partial charge in [0.2, 0.25) is 0 Å². The summed E-state index contributed by atoms with van der Waals surface area (Å²) < 4.78 is 11.0. The SMILES string of the molecule is O=CCCOc1ccc(OCc2ccccc2)cc1. The second-order valence-electron chi connectivity index (χ2n) is 4.05. The van der Waals surface area contributed by atoms with E-state index in [2.05, 4.69) is 0 Å². The number of carbonyl (C=O) groups excluding carboxylic acids is 1. The lowest BCUT2D eigenvalue weighted by molar-refractivity contribution is -0.108. The fourth-order valence-electron chi connectivity index (χ4n) is 1.60. The molecular formula is C16H16O3. The van der Waals surface area contributed by atoms with Crippen molar-refractivity contribution in [2.75, 3.05) is 6.61 Å². The average molecular weight is 256 g/mol. The molecule has 19 heavy (non-hydrogen) atoms. The maximum atomic E-state index is 10.2. The molecule has 0 amide bonds. The van der Waals surface area contributed by atoms with Crippen LogP contribution in [0.3, 0.4) is 0 Å². The van der Waals surface area contributed by atoms with Gasteiger partial charge in [0.15, 0.2) is 0 Å². The van der Waals surface area contributed by atoms with Gasteiger partial charge in [-0.05, 0) is 29.8 Å². The van der Waals surface area contributed by atoms with Crippen molar-refractivity contribution >= 4 is 6.29 Å². The fourth-order valence-corrected chi connectivity index (χ4v) is 1.60. The van der Waals surface area contributed by atoms with Crippen molar-refractivity contribution in [2.24, 2.45) is 0 Å². The van der Waals surface area contributed by atoms with Gasteiger partial charge in [-0.2, -0.15) is 0 Å². The minimum Gasteiger partial charge on any atom is -0.493 e. The molecule has 3 nitrogen and oxygen atoms in total. The zero-order valence-electron chi connectivity index (χ0n) is 10.6. The van der Waals surface area contributed by atoms with Gasteiger partial charge in [0, 0.05) is 6.42 Å². The normalized spacial score (nSPS) is 9.89. The second-order valence-corrected chi connectivity index (χ2v) is 4.05. The Morgan fingerprint density at radius 1 is 0.842 bits per heavy atom. The smallest absolute Gasteiger partial charge is 0.123 e. The van der Waals surface area contributed by atoms with E-state index in [-0.39, 0.29) is 0 Å². The van der Waals surface area contributed by atoms with Crippen LogP contribution in [0, 0.1) is 0 Å². The summed E-state index contributed by atoms with van der Waals surface area (Å²) in [5.41, 5.74) is 1.13. The Morgan fingerprint density at radius 3 is 2.11 bits per heavy atom. The van der Waals surface area contributed by atoms with E-state index >= 15 is 0 Å². The maximum absolute atomic E-state index is 10.2. The third kappa shape index (κ3) is 4.47. The molecule has 2 aromatic carbocycles. The summed E-state index contributed by atoms with van der Waals surface area (Å²) in [6, 6.07) is 17.4. The van der Waals surface area contributed by atoms with Gasteiger partial charge >= 0.3 is 0 Å². The third-order valence-corrected chi connectivity index (χ3v) is 2.58. The van der Waals surface area contributed by atoms with Crippen LogP contribution >= 0.6 is 0 Å².